The maximum atomic E-state index is 12.8. The van der Waals surface area contributed by atoms with E-state index in [9.17, 15) is 4.79 Å². The van der Waals surface area contributed by atoms with Crippen molar-refractivity contribution in [3.8, 4) is 33.1 Å². The number of carbonyl (C=O) groups excluding carboxylic acids is 1. The van der Waals surface area contributed by atoms with E-state index in [1.165, 1.54) is 25.7 Å². The van der Waals surface area contributed by atoms with Gasteiger partial charge >= 0.3 is 6.09 Å². The zero-order chi connectivity index (χ0) is 28.8. The summed E-state index contributed by atoms with van der Waals surface area (Å²) in [5, 5.41) is 0.995. The smallest absolute Gasteiger partial charge is 0.410 e. The summed E-state index contributed by atoms with van der Waals surface area (Å²) in [5.74, 6) is 2.49. The molecule has 3 aromatic heterocycles. The molecule has 9 heteroatoms. The van der Waals surface area contributed by atoms with Crippen molar-refractivity contribution in [1.29, 1.82) is 0 Å². The Morgan fingerprint density at radius 3 is 2.31 bits per heavy atom. The van der Waals surface area contributed by atoms with Gasteiger partial charge in [-0.3, -0.25) is 4.90 Å². The SMILES string of the molecule is CC(C)(C)OC(=O)N1CCCC1c1ncc(-c2ccc(-c3nc4cc(-c5cnc(C6CCCC6)[nH]5)ccc4s3)cc2)[nH]1. The Bertz CT molecular complexity index is 1720. The van der Waals surface area contributed by atoms with Gasteiger partial charge in [-0.2, -0.15) is 0 Å². The third-order valence-corrected chi connectivity index (χ3v) is 9.36. The number of amides is 1. The van der Waals surface area contributed by atoms with Gasteiger partial charge in [0.2, 0.25) is 0 Å². The van der Waals surface area contributed by atoms with Crippen LogP contribution in [0.1, 0.15) is 82.9 Å². The van der Waals surface area contributed by atoms with E-state index >= 15 is 0 Å². The van der Waals surface area contributed by atoms with E-state index in [1.54, 1.807) is 16.2 Å². The Hall–Kier alpha value is -3.98. The van der Waals surface area contributed by atoms with Crippen molar-refractivity contribution in [3.05, 3.63) is 66.5 Å². The number of nitrogens with one attached hydrogen (secondary N) is 2. The minimum Gasteiger partial charge on any atom is -0.444 e. The second kappa shape index (κ2) is 10.7. The van der Waals surface area contributed by atoms with E-state index in [0.717, 1.165) is 67.8 Å². The molecule has 216 valence electrons. The molecule has 1 amide bonds. The first-order chi connectivity index (χ1) is 20.3. The van der Waals surface area contributed by atoms with Gasteiger partial charge in [0.25, 0.3) is 0 Å². The Balaban J connectivity index is 1.07. The summed E-state index contributed by atoms with van der Waals surface area (Å²) in [6.45, 7) is 6.35. The van der Waals surface area contributed by atoms with Crippen molar-refractivity contribution in [1.82, 2.24) is 29.8 Å². The fourth-order valence-corrected chi connectivity index (χ4v) is 7.10. The number of H-pyrrole nitrogens is 2. The number of rotatable bonds is 5. The molecule has 1 saturated carbocycles. The van der Waals surface area contributed by atoms with Gasteiger partial charge in [-0.15, -0.1) is 11.3 Å². The number of hydrogen-bond donors (Lipinski definition) is 2. The second-order valence-corrected chi connectivity index (χ2v) is 13.5. The van der Waals surface area contributed by atoms with Crippen LogP contribution in [-0.4, -0.2) is 48.1 Å². The molecule has 7 rings (SSSR count). The van der Waals surface area contributed by atoms with Crippen LogP contribution in [0.4, 0.5) is 4.79 Å². The molecule has 2 aliphatic rings. The zero-order valence-electron chi connectivity index (χ0n) is 24.3. The van der Waals surface area contributed by atoms with Crippen LogP contribution in [0.3, 0.4) is 0 Å². The lowest BCUT2D eigenvalue weighted by Crippen LogP contribution is -2.36. The largest absolute Gasteiger partial charge is 0.444 e. The molecule has 4 heterocycles. The van der Waals surface area contributed by atoms with Crippen molar-refractivity contribution in [2.75, 3.05) is 6.54 Å². The third kappa shape index (κ3) is 5.33. The number of likely N-dealkylation sites (tertiary alicyclic amines) is 1. The number of benzene rings is 2. The number of carbonyl (C=O) groups is 1. The molecule has 2 N–H and O–H groups in total. The van der Waals surface area contributed by atoms with Crippen LogP contribution in [0.25, 0.3) is 43.3 Å². The molecule has 1 atom stereocenters. The fourth-order valence-electron chi connectivity index (χ4n) is 6.14. The molecule has 8 nitrogen and oxygen atoms in total. The van der Waals surface area contributed by atoms with Crippen molar-refractivity contribution in [2.24, 2.45) is 0 Å². The topological polar surface area (TPSA) is 99.8 Å². The van der Waals surface area contributed by atoms with Crippen LogP contribution < -0.4 is 0 Å². The molecular weight excluding hydrogens is 544 g/mol. The van der Waals surface area contributed by atoms with E-state index in [0.29, 0.717) is 12.5 Å². The average molecular weight is 581 g/mol. The van der Waals surface area contributed by atoms with E-state index in [2.05, 4.69) is 62.4 Å². The van der Waals surface area contributed by atoms with Crippen molar-refractivity contribution in [3.63, 3.8) is 0 Å². The standard InChI is InChI=1S/C33H36N6O2S/c1-33(2,3)41-32(40)39-16-6-9-27(39)30-35-18-25(37-30)20-10-12-22(13-11-20)31-38-24-17-23(14-15-28(24)42-31)26-19-34-29(36-26)21-7-4-5-8-21/h10-15,17-19,21,27H,4-9,16H2,1-3H3,(H,34,36)(H,35,37). The Kier molecular flexibility index (Phi) is 6.85. The predicted molar refractivity (Wildman–Crippen MR) is 166 cm³/mol. The van der Waals surface area contributed by atoms with Crippen LogP contribution in [0.5, 0.6) is 0 Å². The minimum absolute atomic E-state index is 0.100. The molecule has 0 radical (unpaired) electrons. The Morgan fingerprint density at radius 1 is 0.881 bits per heavy atom. The molecular formula is C33H36N6O2S. The number of fused-ring (bicyclic) bond motifs is 1. The van der Waals surface area contributed by atoms with Crippen LogP contribution in [0.2, 0.25) is 0 Å². The van der Waals surface area contributed by atoms with Crippen LogP contribution >= 0.6 is 11.3 Å². The highest BCUT2D eigenvalue weighted by Gasteiger charge is 2.34. The highest BCUT2D eigenvalue weighted by atomic mass is 32.1. The van der Waals surface area contributed by atoms with Gasteiger partial charge in [0.15, 0.2) is 0 Å². The normalized spacial score (nSPS) is 17.9. The second-order valence-electron chi connectivity index (χ2n) is 12.5. The van der Waals surface area contributed by atoms with E-state index in [-0.39, 0.29) is 12.1 Å². The minimum atomic E-state index is -0.524. The summed E-state index contributed by atoms with van der Waals surface area (Å²) in [6, 6.07) is 14.8. The molecule has 1 unspecified atom stereocenters. The zero-order valence-corrected chi connectivity index (χ0v) is 25.1. The average Bonchev–Trinajstić information content (AvgIpc) is 3.79. The summed E-state index contributed by atoms with van der Waals surface area (Å²) in [7, 11) is 0. The summed E-state index contributed by atoms with van der Waals surface area (Å²) >= 11 is 1.70. The Morgan fingerprint density at radius 2 is 1.55 bits per heavy atom. The van der Waals surface area contributed by atoms with Crippen molar-refractivity contribution >= 4 is 27.6 Å². The lowest BCUT2D eigenvalue weighted by atomic mass is 10.1. The van der Waals surface area contributed by atoms with Crippen LogP contribution in [-0.2, 0) is 4.74 Å². The maximum Gasteiger partial charge on any atom is 0.410 e. The van der Waals surface area contributed by atoms with Crippen molar-refractivity contribution in [2.45, 2.75) is 76.9 Å². The van der Waals surface area contributed by atoms with Gasteiger partial charge in [0.1, 0.15) is 22.3 Å². The first kappa shape index (κ1) is 26.9. The Labute approximate surface area is 249 Å². The van der Waals surface area contributed by atoms with E-state index < -0.39 is 5.60 Å². The van der Waals surface area contributed by atoms with Gasteiger partial charge in [-0.1, -0.05) is 43.2 Å². The molecule has 0 bridgehead atoms. The van der Waals surface area contributed by atoms with E-state index in [4.69, 9.17) is 9.72 Å². The van der Waals surface area contributed by atoms with Gasteiger partial charge in [-0.05, 0) is 64.2 Å². The number of thiazole rings is 1. The summed E-state index contributed by atoms with van der Waals surface area (Å²) in [6.07, 6.45) is 10.4. The molecule has 1 aliphatic heterocycles. The molecule has 1 aliphatic carbocycles. The van der Waals surface area contributed by atoms with Gasteiger partial charge in [0, 0.05) is 23.6 Å². The molecule has 1 saturated heterocycles. The number of hydrogen-bond acceptors (Lipinski definition) is 6. The summed E-state index contributed by atoms with van der Waals surface area (Å²) in [4.78, 5) is 35.9. The predicted octanol–water partition coefficient (Wildman–Crippen LogP) is 8.47. The fraction of sp³-hybridized carbons (Fsp3) is 0.394. The maximum absolute atomic E-state index is 12.8. The van der Waals surface area contributed by atoms with Crippen LogP contribution in [0, 0.1) is 0 Å². The van der Waals surface area contributed by atoms with Crippen molar-refractivity contribution < 1.29 is 9.53 Å². The first-order valence-corrected chi connectivity index (χ1v) is 15.7. The number of ether oxygens (including phenoxy) is 1. The monoisotopic (exact) mass is 580 g/mol. The molecule has 2 fully saturated rings. The summed E-state index contributed by atoms with van der Waals surface area (Å²) in [5.41, 5.74) is 5.70. The third-order valence-electron chi connectivity index (χ3n) is 8.27. The number of nitrogens with zero attached hydrogens (tertiary/aromatic N) is 4. The lowest BCUT2D eigenvalue weighted by molar-refractivity contribution is 0.0218. The molecule has 0 spiro atoms. The van der Waals surface area contributed by atoms with Gasteiger partial charge in [-0.25, -0.2) is 19.7 Å². The summed E-state index contributed by atoms with van der Waals surface area (Å²) < 4.78 is 6.79. The van der Waals surface area contributed by atoms with Crippen LogP contribution in [0.15, 0.2) is 54.9 Å². The first-order valence-electron chi connectivity index (χ1n) is 14.9. The number of aromatic nitrogens is 5. The number of aromatic amines is 2. The number of imidazole rings is 2. The molecule has 5 aromatic rings. The molecule has 2 aromatic carbocycles. The lowest BCUT2D eigenvalue weighted by Gasteiger charge is -2.27. The molecule has 42 heavy (non-hydrogen) atoms. The van der Waals surface area contributed by atoms with Gasteiger partial charge < -0.3 is 14.7 Å². The quantitative estimate of drug-likeness (QED) is 0.217. The van der Waals surface area contributed by atoms with E-state index in [1.807, 2.05) is 33.2 Å². The highest BCUT2D eigenvalue weighted by Crippen LogP contribution is 2.37. The highest BCUT2D eigenvalue weighted by molar-refractivity contribution is 7.21. The van der Waals surface area contributed by atoms with Gasteiger partial charge in [0.05, 0.1) is 40.0 Å².